The maximum absolute atomic E-state index is 13.7. The molecule has 1 aliphatic rings. The number of nitrogens with zero attached hydrogens (tertiary/aromatic N) is 2. The minimum absolute atomic E-state index is 0.219. The van der Waals surface area contributed by atoms with E-state index in [0.29, 0.717) is 32.1 Å². The van der Waals surface area contributed by atoms with Crippen LogP contribution in [0.4, 0.5) is 0 Å². The summed E-state index contributed by atoms with van der Waals surface area (Å²) in [7, 11) is 3.17. The topological polar surface area (TPSA) is 79.1 Å². The number of ether oxygens (including phenoxy) is 3. The molecule has 2 aromatic carbocycles. The highest BCUT2D eigenvalue weighted by Crippen LogP contribution is 2.35. The first-order valence-electron chi connectivity index (χ1n) is 10.7. The van der Waals surface area contributed by atoms with Crippen molar-refractivity contribution >= 4 is 55.2 Å². The SMILES string of the molecule is CCOC(=O)C1=C(C)N=c2sc(=Cc3cc(Br)c(OC)c(Br)c3)c(=O)n2C1c1ccc(OC)cc1. The molecule has 0 bridgehead atoms. The lowest BCUT2D eigenvalue weighted by Gasteiger charge is -2.24. The van der Waals surface area contributed by atoms with E-state index in [0.717, 1.165) is 20.1 Å². The Kier molecular flexibility index (Phi) is 7.63. The summed E-state index contributed by atoms with van der Waals surface area (Å²) in [6, 6.07) is 10.4. The normalized spacial score (nSPS) is 15.5. The van der Waals surface area contributed by atoms with Gasteiger partial charge in [0.05, 0.1) is 51.6 Å². The van der Waals surface area contributed by atoms with Crippen LogP contribution in [0.3, 0.4) is 0 Å². The number of carbonyl (C=O) groups excluding carboxylic acids is 1. The number of carbonyl (C=O) groups is 1. The molecule has 1 aliphatic heterocycles. The van der Waals surface area contributed by atoms with Crippen molar-refractivity contribution in [3.05, 3.63) is 87.4 Å². The molecule has 7 nitrogen and oxygen atoms in total. The Morgan fingerprint density at radius 3 is 2.37 bits per heavy atom. The van der Waals surface area contributed by atoms with Gasteiger partial charge < -0.3 is 14.2 Å². The lowest BCUT2D eigenvalue weighted by atomic mass is 9.96. The number of allylic oxidation sites excluding steroid dienone is 1. The molecule has 182 valence electrons. The Morgan fingerprint density at radius 1 is 1.14 bits per heavy atom. The zero-order chi connectivity index (χ0) is 25.3. The molecule has 0 aliphatic carbocycles. The Labute approximate surface area is 222 Å². The van der Waals surface area contributed by atoms with E-state index in [2.05, 4.69) is 36.9 Å². The van der Waals surface area contributed by atoms with E-state index in [9.17, 15) is 9.59 Å². The fraction of sp³-hybridized carbons (Fsp3) is 0.240. The molecule has 0 N–H and O–H groups in total. The van der Waals surface area contributed by atoms with Gasteiger partial charge in [0.25, 0.3) is 5.56 Å². The smallest absolute Gasteiger partial charge is 0.338 e. The minimum Gasteiger partial charge on any atom is -0.497 e. The number of rotatable bonds is 6. The quantitative estimate of drug-likeness (QED) is 0.383. The highest BCUT2D eigenvalue weighted by atomic mass is 79.9. The summed E-state index contributed by atoms with van der Waals surface area (Å²) < 4.78 is 19.5. The van der Waals surface area contributed by atoms with Gasteiger partial charge in [0.1, 0.15) is 11.5 Å². The van der Waals surface area contributed by atoms with Crippen LogP contribution in [-0.4, -0.2) is 31.4 Å². The number of esters is 1. The van der Waals surface area contributed by atoms with Crippen LogP contribution in [0.15, 0.2) is 66.4 Å². The summed E-state index contributed by atoms with van der Waals surface area (Å²) in [4.78, 5) is 31.8. The molecule has 3 aromatic rings. The number of aromatic nitrogens is 1. The summed E-state index contributed by atoms with van der Waals surface area (Å²) >= 11 is 8.28. The van der Waals surface area contributed by atoms with Crippen LogP contribution in [-0.2, 0) is 9.53 Å². The fourth-order valence-electron chi connectivity index (χ4n) is 3.90. The van der Waals surface area contributed by atoms with Crippen LogP contribution in [0.5, 0.6) is 11.5 Å². The predicted molar refractivity (Wildman–Crippen MR) is 142 cm³/mol. The van der Waals surface area contributed by atoms with Crippen molar-refractivity contribution < 1.29 is 19.0 Å². The molecular weight excluding hydrogens is 600 g/mol. The van der Waals surface area contributed by atoms with Crippen molar-refractivity contribution in [1.29, 1.82) is 0 Å². The Balaban J connectivity index is 1.93. The molecule has 2 heterocycles. The molecule has 4 rings (SSSR count). The molecule has 0 saturated carbocycles. The standard InChI is InChI=1S/C25H22Br2N2O5S/c1-5-34-24(31)20-13(2)28-25-29(21(20)15-6-8-16(32-3)9-7-15)23(30)19(35-25)12-14-10-17(26)22(33-4)18(27)11-14/h6-12,21H,5H2,1-4H3. The molecule has 35 heavy (non-hydrogen) atoms. The highest BCUT2D eigenvalue weighted by molar-refractivity contribution is 9.11. The van der Waals surface area contributed by atoms with Crippen LogP contribution >= 0.6 is 43.2 Å². The van der Waals surface area contributed by atoms with E-state index < -0.39 is 12.0 Å². The summed E-state index contributed by atoms with van der Waals surface area (Å²) in [6.07, 6.45) is 1.80. The van der Waals surface area contributed by atoms with Gasteiger partial charge in [0.2, 0.25) is 0 Å². The van der Waals surface area contributed by atoms with E-state index in [-0.39, 0.29) is 12.2 Å². The number of methoxy groups -OCH3 is 2. The Bertz CT molecular complexity index is 1480. The number of hydrogen-bond acceptors (Lipinski definition) is 7. The van der Waals surface area contributed by atoms with E-state index in [1.54, 1.807) is 50.8 Å². The second-order valence-corrected chi connectivity index (χ2v) is 10.3. The first-order chi connectivity index (χ1) is 16.8. The maximum Gasteiger partial charge on any atom is 0.338 e. The minimum atomic E-state index is -0.673. The van der Waals surface area contributed by atoms with Gasteiger partial charge in [-0.2, -0.15) is 0 Å². The van der Waals surface area contributed by atoms with Gasteiger partial charge in [-0.05, 0) is 87.2 Å². The summed E-state index contributed by atoms with van der Waals surface area (Å²) in [5, 5.41) is 0. The van der Waals surface area contributed by atoms with Crippen LogP contribution in [0.25, 0.3) is 6.08 Å². The maximum atomic E-state index is 13.7. The van der Waals surface area contributed by atoms with Crippen molar-refractivity contribution in [2.24, 2.45) is 4.99 Å². The van der Waals surface area contributed by atoms with Crippen LogP contribution in [0.2, 0.25) is 0 Å². The van der Waals surface area contributed by atoms with E-state index in [1.165, 1.54) is 11.3 Å². The third-order valence-corrected chi connectivity index (χ3v) is 7.63. The third kappa shape index (κ3) is 4.87. The molecule has 0 saturated heterocycles. The number of fused-ring (bicyclic) bond motifs is 1. The second-order valence-electron chi connectivity index (χ2n) is 7.59. The summed E-state index contributed by atoms with van der Waals surface area (Å²) in [6.45, 7) is 3.73. The van der Waals surface area contributed by atoms with E-state index >= 15 is 0 Å². The average molecular weight is 622 g/mol. The predicted octanol–water partition coefficient (Wildman–Crippen LogP) is 4.34. The van der Waals surface area contributed by atoms with Crippen molar-refractivity contribution in [3.63, 3.8) is 0 Å². The molecular formula is C25H22Br2N2O5S. The lowest BCUT2D eigenvalue weighted by molar-refractivity contribution is -0.139. The van der Waals surface area contributed by atoms with E-state index in [1.807, 2.05) is 24.3 Å². The highest BCUT2D eigenvalue weighted by Gasteiger charge is 2.33. The second kappa shape index (κ2) is 10.5. The van der Waals surface area contributed by atoms with Gasteiger partial charge in [0, 0.05) is 0 Å². The molecule has 1 unspecified atom stereocenters. The molecule has 0 fully saturated rings. The van der Waals surface area contributed by atoms with Crippen molar-refractivity contribution in [2.45, 2.75) is 19.9 Å². The zero-order valence-corrected chi connectivity index (χ0v) is 23.4. The molecule has 0 radical (unpaired) electrons. The van der Waals surface area contributed by atoms with Crippen LogP contribution in [0, 0.1) is 0 Å². The summed E-state index contributed by atoms with van der Waals surface area (Å²) in [5.41, 5.74) is 2.17. The Hall–Kier alpha value is -2.69. The third-order valence-electron chi connectivity index (χ3n) is 5.47. The van der Waals surface area contributed by atoms with Gasteiger partial charge in [-0.15, -0.1) is 0 Å². The van der Waals surface area contributed by atoms with E-state index in [4.69, 9.17) is 14.2 Å². The van der Waals surface area contributed by atoms with Crippen LogP contribution < -0.4 is 24.4 Å². The summed E-state index contributed by atoms with van der Waals surface area (Å²) in [5.74, 6) is 0.847. The largest absolute Gasteiger partial charge is 0.497 e. The average Bonchev–Trinajstić information content (AvgIpc) is 3.12. The van der Waals surface area contributed by atoms with Gasteiger partial charge in [-0.3, -0.25) is 9.36 Å². The van der Waals surface area contributed by atoms with Gasteiger partial charge in [0.15, 0.2) is 4.80 Å². The van der Waals surface area contributed by atoms with Gasteiger partial charge in [-0.1, -0.05) is 23.5 Å². The van der Waals surface area contributed by atoms with Crippen molar-refractivity contribution in [2.75, 3.05) is 20.8 Å². The van der Waals surface area contributed by atoms with Crippen LogP contribution in [0.1, 0.15) is 31.0 Å². The first-order valence-corrected chi connectivity index (χ1v) is 13.1. The molecule has 1 aromatic heterocycles. The first kappa shape index (κ1) is 25.4. The monoisotopic (exact) mass is 620 g/mol. The Morgan fingerprint density at radius 2 is 1.80 bits per heavy atom. The van der Waals surface area contributed by atoms with Crippen molar-refractivity contribution in [1.82, 2.24) is 4.57 Å². The fourth-order valence-corrected chi connectivity index (χ4v) is 6.49. The number of halogens is 2. The van der Waals surface area contributed by atoms with Gasteiger partial charge >= 0.3 is 5.97 Å². The lowest BCUT2D eigenvalue weighted by Crippen LogP contribution is -2.39. The van der Waals surface area contributed by atoms with Gasteiger partial charge in [-0.25, -0.2) is 9.79 Å². The molecule has 10 heteroatoms. The molecule has 0 spiro atoms. The number of thiazole rings is 1. The molecule has 0 amide bonds. The van der Waals surface area contributed by atoms with Crippen molar-refractivity contribution in [3.8, 4) is 11.5 Å². The number of benzene rings is 2. The molecule has 1 atom stereocenters. The number of hydrogen-bond donors (Lipinski definition) is 0. The zero-order valence-electron chi connectivity index (χ0n) is 19.4.